The summed E-state index contributed by atoms with van der Waals surface area (Å²) in [4.78, 5) is 4.25. The molecular weight excluding hydrogens is 186 g/mol. The quantitative estimate of drug-likeness (QED) is 0.810. The Labute approximate surface area is 90.2 Å². The minimum absolute atomic E-state index is 0. The molecule has 0 saturated heterocycles. The van der Waals surface area contributed by atoms with Gasteiger partial charge in [0.2, 0.25) is 0 Å². The van der Waals surface area contributed by atoms with Crippen molar-refractivity contribution in [3.05, 3.63) is 54.2 Å². The van der Waals surface area contributed by atoms with Gasteiger partial charge in [-0.2, -0.15) is 0 Å². The molecule has 0 unspecified atom stereocenters. The van der Waals surface area contributed by atoms with Gasteiger partial charge < -0.3 is 5.11 Å². The Bertz CT molecular complexity index is 412. The summed E-state index contributed by atoms with van der Waals surface area (Å²) in [6, 6.07) is 13.5. The van der Waals surface area contributed by atoms with Crippen LogP contribution < -0.4 is 0 Å². The van der Waals surface area contributed by atoms with Gasteiger partial charge in [0.15, 0.2) is 0 Å². The van der Waals surface area contributed by atoms with Crippen molar-refractivity contribution in [2.75, 3.05) is 0 Å². The molecule has 0 spiro atoms. The Balaban J connectivity index is 0.00000112. The molecule has 0 fully saturated rings. The molecule has 1 N–H and O–H groups in total. The van der Waals surface area contributed by atoms with E-state index in [1.807, 2.05) is 42.5 Å². The summed E-state index contributed by atoms with van der Waals surface area (Å²) in [5, 5.41) is 9.15. The van der Waals surface area contributed by atoms with E-state index in [0.29, 0.717) is 0 Å². The Hall–Kier alpha value is -1.67. The predicted molar refractivity (Wildman–Crippen MR) is 62.3 cm³/mol. The molecule has 0 aliphatic heterocycles. The van der Waals surface area contributed by atoms with Crippen molar-refractivity contribution in [3.63, 3.8) is 0 Å². The molecule has 0 aliphatic carbocycles. The third-order valence-corrected chi connectivity index (χ3v) is 2.13. The van der Waals surface area contributed by atoms with Crippen molar-refractivity contribution in [1.29, 1.82) is 0 Å². The molecule has 0 radical (unpaired) electrons. The van der Waals surface area contributed by atoms with Crippen LogP contribution in [0.3, 0.4) is 0 Å². The predicted octanol–water partition coefficient (Wildman–Crippen LogP) is 2.88. The molecule has 2 rings (SSSR count). The molecule has 2 heteroatoms. The number of hydrogen-bond donors (Lipinski definition) is 1. The molecule has 0 bridgehead atoms. The van der Waals surface area contributed by atoms with E-state index in [-0.39, 0.29) is 14.0 Å². The summed E-state index contributed by atoms with van der Waals surface area (Å²) in [5.74, 6) is 0. The highest BCUT2D eigenvalue weighted by Crippen LogP contribution is 2.20. The maximum atomic E-state index is 9.15. The normalized spacial score (nSPS) is 9.40. The maximum absolute atomic E-state index is 9.15. The van der Waals surface area contributed by atoms with Gasteiger partial charge in [-0.3, -0.25) is 4.98 Å². The number of nitrogens with zero attached hydrogens (tertiary/aromatic N) is 1. The van der Waals surface area contributed by atoms with Crippen LogP contribution in [0.5, 0.6) is 0 Å². The molecule has 1 aromatic heterocycles. The van der Waals surface area contributed by atoms with Crippen molar-refractivity contribution >= 4 is 0 Å². The molecule has 0 aliphatic rings. The standard InChI is InChI=1S/C12H11NO.CH4/c14-9-10-5-1-2-6-11(10)12-7-3-4-8-13-12;/h1-8,14H,9H2;1H4. The molecule has 15 heavy (non-hydrogen) atoms. The molecule has 0 atom stereocenters. The van der Waals surface area contributed by atoms with E-state index in [2.05, 4.69) is 4.98 Å². The fourth-order valence-electron chi connectivity index (χ4n) is 1.43. The van der Waals surface area contributed by atoms with Crippen molar-refractivity contribution < 1.29 is 5.11 Å². The minimum Gasteiger partial charge on any atom is -0.392 e. The molecule has 1 aromatic carbocycles. The summed E-state index contributed by atoms with van der Waals surface area (Å²) in [7, 11) is 0. The molecule has 0 amide bonds. The van der Waals surface area contributed by atoms with Crippen LogP contribution >= 0.6 is 0 Å². The second-order valence-electron chi connectivity index (χ2n) is 3.03. The molecule has 2 nitrogen and oxygen atoms in total. The van der Waals surface area contributed by atoms with Gasteiger partial charge in [0.1, 0.15) is 0 Å². The van der Waals surface area contributed by atoms with Crippen LogP contribution in [0.1, 0.15) is 13.0 Å². The van der Waals surface area contributed by atoms with Gasteiger partial charge >= 0.3 is 0 Å². The smallest absolute Gasteiger partial charge is 0.0705 e. The molecule has 0 saturated carbocycles. The zero-order valence-electron chi connectivity index (χ0n) is 7.72. The first-order chi connectivity index (χ1) is 6.92. The summed E-state index contributed by atoms with van der Waals surface area (Å²) < 4.78 is 0. The second-order valence-corrected chi connectivity index (χ2v) is 3.03. The van der Waals surface area contributed by atoms with Crippen molar-refractivity contribution in [2.24, 2.45) is 0 Å². The summed E-state index contributed by atoms with van der Waals surface area (Å²) in [5.41, 5.74) is 2.80. The lowest BCUT2D eigenvalue weighted by Crippen LogP contribution is -1.90. The fraction of sp³-hybridized carbons (Fsp3) is 0.154. The zero-order valence-corrected chi connectivity index (χ0v) is 7.72. The van der Waals surface area contributed by atoms with E-state index < -0.39 is 0 Å². The number of aromatic nitrogens is 1. The van der Waals surface area contributed by atoms with Gasteiger partial charge in [0.05, 0.1) is 12.3 Å². The van der Waals surface area contributed by atoms with Crippen molar-refractivity contribution in [3.8, 4) is 11.3 Å². The minimum atomic E-state index is 0. The number of rotatable bonds is 2. The highest BCUT2D eigenvalue weighted by molar-refractivity contribution is 5.63. The number of aliphatic hydroxyl groups is 1. The number of benzene rings is 1. The van der Waals surface area contributed by atoms with Crippen LogP contribution in [0.15, 0.2) is 48.7 Å². The first-order valence-corrected chi connectivity index (χ1v) is 4.52. The monoisotopic (exact) mass is 201 g/mol. The van der Waals surface area contributed by atoms with E-state index in [9.17, 15) is 0 Å². The van der Waals surface area contributed by atoms with E-state index in [1.165, 1.54) is 0 Å². The average molecular weight is 201 g/mol. The number of hydrogen-bond acceptors (Lipinski definition) is 2. The largest absolute Gasteiger partial charge is 0.392 e. The van der Waals surface area contributed by atoms with Crippen LogP contribution in [0.4, 0.5) is 0 Å². The van der Waals surface area contributed by atoms with Crippen LogP contribution in [-0.4, -0.2) is 10.1 Å². The van der Waals surface area contributed by atoms with E-state index in [1.54, 1.807) is 6.20 Å². The van der Waals surface area contributed by atoms with Crippen LogP contribution in [0, 0.1) is 0 Å². The Morgan fingerprint density at radius 2 is 1.73 bits per heavy atom. The SMILES string of the molecule is C.OCc1ccccc1-c1ccccn1. The third-order valence-electron chi connectivity index (χ3n) is 2.13. The maximum Gasteiger partial charge on any atom is 0.0705 e. The number of pyridine rings is 1. The van der Waals surface area contributed by atoms with Crippen molar-refractivity contribution in [1.82, 2.24) is 4.98 Å². The number of aliphatic hydroxyl groups excluding tert-OH is 1. The molecule has 1 heterocycles. The molecule has 2 aromatic rings. The van der Waals surface area contributed by atoms with Gasteiger partial charge in [-0.25, -0.2) is 0 Å². The lowest BCUT2D eigenvalue weighted by molar-refractivity contribution is 0.282. The van der Waals surface area contributed by atoms with Crippen LogP contribution in [0.25, 0.3) is 11.3 Å². The first kappa shape index (κ1) is 11.4. The lowest BCUT2D eigenvalue weighted by Gasteiger charge is -2.05. The summed E-state index contributed by atoms with van der Waals surface area (Å²) in [6.07, 6.45) is 1.75. The van der Waals surface area contributed by atoms with E-state index in [0.717, 1.165) is 16.8 Å². The lowest BCUT2D eigenvalue weighted by atomic mass is 10.0. The van der Waals surface area contributed by atoms with Crippen LogP contribution in [-0.2, 0) is 6.61 Å². The van der Waals surface area contributed by atoms with Gasteiger partial charge in [-0.05, 0) is 17.7 Å². The topological polar surface area (TPSA) is 33.1 Å². The van der Waals surface area contributed by atoms with Gasteiger partial charge in [-0.1, -0.05) is 37.8 Å². The summed E-state index contributed by atoms with van der Waals surface area (Å²) in [6.45, 7) is 0.0484. The average Bonchev–Trinajstić information content (AvgIpc) is 2.30. The second kappa shape index (κ2) is 5.27. The molecule has 78 valence electrons. The zero-order chi connectivity index (χ0) is 9.80. The van der Waals surface area contributed by atoms with E-state index >= 15 is 0 Å². The van der Waals surface area contributed by atoms with Crippen LogP contribution in [0.2, 0.25) is 0 Å². The highest BCUT2D eigenvalue weighted by Gasteiger charge is 2.02. The highest BCUT2D eigenvalue weighted by atomic mass is 16.3. The van der Waals surface area contributed by atoms with Gasteiger partial charge in [0, 0.05) is 11.8 Å². The Kier molecular flexibility index (Phi) is 4.01. The van der Waals surface area contributed by atoms with Gasteiger partial charge in [-0.15, -0.1) is 0 Å². The third kappa shape index (κ3) is 2.42. The van der Waals surface area contributed by atoms with E-state index in [4.69, 9.17) is 5.11 Å². The van der Waals surface area contributed by atoms with Crippen molar-refractivity contribution in [2.45, 2.75) is 14.0 Å². The first-order valence-electron chi connectivity index (χ1n) is 4.52. The Morgan fingerprint density at radius 3 is 2.40 bits per heavy atom. The Morgan fingerprint density at radius 1 is 1.00 bits per heavy atom. The fourth-order valence-corrected chi connectivity index (χ4v) is 1.43. The van der Waals surface area contributed by atoms with Gasteiger partial charge in [0.25, 0.3) is 0 Å². The summed E-state index contributed by atoms with van der Waals surface area (Å²) >= 11 is 0. The molecular formula is C13H15NO.